The highest BCUT2D eigenvalue weighted by Crippen LogP contribution is 2.28. The first-order valence-electron chi connectivity index (χ1n) is 8.41. The lowest BCUT2D eigenvalue weighted by Gasteiger charge is -2.11. The summed E-state index contributed by atoms with van der Waals surface area (Å²) in [6, 6.07) is 20.9. The third kappa shape index (κ3) is 3.59. The van der Waals surface area contributed by atoms with Crippen molar-refractivity contribution in [2.45, 2.75) is 0 Å². The highest BCUT2D eigenvalue weighted by Gasteiger charge is 2.20. The highest BCUT2D eigenvalue weighted by atomic mass is 79.9. The first kappa shape index (κ1) is 18.5. The molecule has 0 saturated carbocycles. The van der Waals surface area contributed by atoms with E-state index in [1.165, 1.54) is 0 Å². The maximum Gasteiger partial charge on any atom is 0.291 e. The Labute approximate surface area is 174 Å². The molecule has 0 aliphatic heterocycles. The molecule has 0 atom stereocenters. The first-order chi connectivity index (χ1) is 13.5. The largest absolute Gasteiger partial charge is 0.451 e. The lowest BCUT2D eigenvalue weighted by atomic mass is 10.0. The Hall–Kier alpha value is -2.89. The third-order valence-electron chi connectivity index (χ3n) is 4.24. The van der Waals surface area contributed by atoms with Crippen LogP contribution >= 0.6 is 27.5 Å². The van der Waals surface area contributed by atoms with E-state index in [1.807, 2.05) is 18.2 Å². The standard InChI is InChI=1S/C22H13BrClNO3/c23-14-9-10-18(16(12-14)21(26)15-6-2-3-7-17(15)24)25-22(27)20-11-13-5-1-4-8-19(13)28-20/h1-12H,(H,25,27). The number of ketones is 1. The molecular formula is C22H13BrClNO3. The number of nitrogens with one attached hydrogen (secondary N) is 1. The van der Waals surface area contributed by atoms with Crippen LogP contribution in [-0.2, 0) is 0 Å². The van der Waals surface area contributed by atoms with E-state index in [1.54, 1.807) is 54.6 Å². The van der Waals surface area contributed by atoms with Crippen molar-refractivity contribution < 1.29 is 14.0 Å². The number of benzene rings is 3. The van der Waals surface area contributed by atoms with Gasteiger partial charge in [0.2, 0.25) is 0 Å². The van der Waals surface area contributed by atoms with Gasteiger partial charge < -0.3 is 9.73 Å². The minimum Gasteiger partial charge on any atom is -0.451 e. The Bertz CT molecular complexity index is 1180. The van der Waals surface area contributed by atoms with E-state index in [-0.39, 0.29) is 11.5 Å². The third-order valence-corrected chi connectivity index (χ3v) is 5.07. The van der Waals surface area contributed by atoms with E-state index in [9.17, 15) is 9.59 Å². The molecular weight excluding hydrogens is 442 g/mol. The summed E-state index contributed by atoms with van der Waals surface area (Å²) in [5, 5.41) is 3.95. The zero-order valence-corrected chi connectivity index (χ0v) is 16.8. The molecule has 138 valence electrons. The molecule has 0 bridgehead atoms. The van der Waals surface area contributed by atoms with Crippen LogP contribution in [0.1, 0.15) is 26.5 Å². The van der Waals surface area contributed by atoms with Gasteiger partial charge in [-0.3, -0.25) is 9.59 Å². The minimum absolute atomic E-state index is 0.167. The average Bonchev–Trinajstić information content (AvgIpc) is 3.13. The normalized spacial score (nSPS) is 10.8. The van der Waals surface area contributed by atoms with E-state index in [0.29, 0.717) is 31.9 Å². The molecule has 0 spiro atoms. The van der Waals surface area contributed by atoms with Crippen LogP contribution in [0, 0.1) is 0 Å². The Morgan fingerprint density at radius 2 is 1.64 bits per heavy atom. The number of para-hydroxylation sites is 1. The molecule has 0 aliphatic carbocycles. The van der Waals surface area contributed by atoms with Crippen LogP contribution in [0.25, 0.3) is 11.0 Å². The van der Waals surface area contributed by atoms with Crippen LogP contribution in [-0.4, -0.2) is 11.7 Å². The SMILES string of the molecule is O=C(Nc1ccc(Br)cc1C(=O)c1ccccc1Cl)c1cc2ccccc2o1. The van der Waals surface area contributed by atoms with Gasteiger partial charge in [0, 0.05) is 21.0 Å². The summed E-state index contributed by atoms with van der Waals surface area (Å²) >= 11 is 9.55. The molecule has 1 amide bonds. The van der Waals surface area contributed by atoms with Crippen LogP contribution in [0.15, 0.2) is 81.7 Å². The number of rotatable bonds is 4. The number of anilines is 1. The second-order valence-corrected chi connectivity index (χ2v) is 7.42. The number of carbonyl (C=O) groups excluding carboxylic acids is 2. The number of hydrogen-bond acceptors (Lipinski definition) is 3. The van der Waals surface area contributed by atoms with Gasteiger partial charge in [-0.05, 0) is 42.5 Å². The van der Waals surface area contributed by atoms with Gasteiger partial charge in [-0.2, -0.15) is 0 Å². The summed E-state index contributed by atoms with van der Waals surface area (Å²) in [6.07, 6.45) is 0. The van der Waals surface area contributed by atoms with Gasteiger partial charge in [-0.15, -0.1) is 0 Å². The summed E-state index contributed by atoms with van der Waals surface area (Å²) in [4.78, 5) is 25.7. The molecule has 3 aromatic carbocycles. The van der Waals surface area contributed by atoms with Crippen LogP contribution in [0.5, 0.6) is 0 Å². The lowest BCUT2D eigenvalue weighted by molar-refractivity contribution is 0.0998. The van der Waals surface area contributed by atoms with Crippen molar-refractivity contribution in [2.24, 2.45) is 0 Å². The Balaban J connectivity index is 1.69. The molecule has 0 saturated heterocycles. The highest BCUT2D eigenvalue weighted by molar-refractivity contribution is 9.10. The molecule has 1 N–H and O–H groups in total. The Kier molecular flexibility index (Phi) is 5.03. The van der Waals surface area contributed by atoms with Gasteiger partial charge in [-0.25, -0.2) is 0 Å². The smallest absolute Gasteiger partial charge is 0.291 e. The quantitative estimate of drug-likeness (QED) is 0.366. The van der Waals surface area contributed by atoms with Crippen LogP contribution < -0.4 is 5.32 Å². The van der Waals surface area contributed by atoms with Gasteiger partial charge in [0.05, 0.1) is 10.7 Å². The molecule has 1 heterocycles. The number of carbonyl (C=O) groups is 2. The molecule has 4 aromatic rings. The molecule has 6 heteroatoms. The maximum absolute atomic E-state index is 13.0. The number of halogens is 2. The van der Waals surface area contributed by atoms with Gasteiger partial charge in [0.1, 0.15) is 5.58 Å². The summed E-state index contributed by atoms with van der Waals surface area (Å²) in [5.41, 5.74) is 1.68. The molecule has 4 rings (SSSR count). The van der Waals surface area contributed by atoms with Crippen molar-refractivity contribution >= 4 is 55.9 Å². The van der Waals surface area contributed by atoms with Gasteiger partial charge >= 0.3 is 0 Å². The van der Waals surface area contributed by atoms with Crippen molar-refractivity contribution in [3.8, 4) is 0 Å². The van der Waals surface area contributed by atoms with Crippen molar-refractivity contribution in [3.63, 3.8) is 0 Å². The number of furan rings is 1. The fourth-order valence-electron chi connectivity index (χ4n) is 2.88. The predicted octanol–water partition coefficient (Wildman–Crippen LogP) is 6.33. The molecule has 0 fully saturated rings. The van der Waals surface area contributed by atoms with Crippen LogP contribution in [0.3, 0.4) is 0 Å². The van der Waals surface area contributed by atoms with E-state index >= 15 is 0 Å². The molecule has 28 heavy (non-hydrogen) atoms. The van der Waals surface area contributed by atoms with E-state index in [4.69, 9.17) is 16.0 Å². The number of hydrogen-bond donors (Lipinski definition) is 1. The van der Waals surface area contributed by atoms with Gasteiger partial charge in [0.15, 0.2) is 11.5 Å². The summed E-state index contributed by atoms with van der Waals surface area (Å²) in [7, 11) is 0. The van der Waals surface area contributed by atoms with Crippen molar-refractivity contribution in [1.82, 2.24) is 0 Å². The second kappa shape index (κ2) is 7.62. The first-order valence-corrected chi connectivity index (χ1v) is 9.59. The fraction of sp³-hybridized carbons (Fsp3) is 0. The van der Waals surface area contributed by atoms with E-state index in [2.05, 4.69) is 21.2 Å². The molecule has 0 radical (unpaired) electrons. The van der Waals surface area contributed by atoms with E-state index < -0.39 is 5.91 Å². The summed E-state index contributed by atoms with van der Waals surface area (Å²) in [5.74, 6) is -0.557. The molecule has 0 unspecified atom stereocenters. The van der Waals surface area contributed by atoms with E-state index in [0.717, 1.165) is 5.39 Å². The summed E-state index contributed by atoms with van der Waals surface area (Å²) < 4.78 is 6.32. The second-order valence-electron chi connectivity index (χ2n) is 6.10. The molecule has 4 nitrogen and oxygen atoms in total. The topological polar surface area (TPSA) is 59.3 Å². The average molecular weight is 455 g/mol. The number of fused-ring (bicyclic) bond motifs is 1. The Morgan fingerprint density at radius 3 is 2.43 bits per heavy atom. The van der Waals surface area contributed by atoms with Gasteiger partial charge in [-0.1, -0.05) is 57.9 Å². The number of amides is 1. The fourth-order valence-corrected chi connectivity index (χ4v) is 3.46. The minimum atomic E-state index is -0.438. The molecule has 0 aliphatic rings. The van der Waals surface area contributed by atoms with Crippen molar-refractivity contribution in [1.29, 1.82) is 0 Å². The summed E-state index contributed by atoms with van der Waals surface area (Å²) in [6.45, 7) is 0. The zero-order chi connectivity index (χ0) is 19.7. The maximum atomic E-state index is 13.0. The van der Waals surface area contributed by atoms with Crippen LogP contribution in [0.2, 0.25) is 5.02 Å². The predicted molar refractivity (Wildman–Crippen MR) is 113 cm³/mol. The van der Waals surface area contributed by atoms with Crippen LogP contribution in [0.4, 0.5) is 5.69 Å². The lowest BCUT2D eigenvalue weighted by Crippen LogP contribution is -2.15. The zero-order valence-electron chi connectivity index (χ0n) is 14.4. The Morgan fingerprint density at radius 1 is 0.893 bits per heavy atom. The monoisotopic (exact) mass is 453 g/mol. The van der Waals surface area contributed by atoms with Crippen molar-refractivity contribution in [2.75, 3.05) is 5.32 Å². The molecule has 1 aromatic heterocycles. The van der Waals surface area contributed by atoms with Crippen molar-refractivity contribution in [3.05, 3.63) is 99.2 Å². The van der Waals surface area contributed by atoms with Gasteiger partial charge in [0.25, 0.3) is 5.91 Å².